The molecule has 0 bridgehead atoms. The predicted molar refractivity (Wildman–Crippen MR) is 161 cm³/mol. The van der Waals surface area contributed by atoms with Crippen LogP contribution in [0.3, 0.4) is 0 Å². The number of imidazole rings is 1. The molecule has 0 radical (unpaired) electrons. The fourth-order valence-electron chi connectivity index (χ4n) is 5.37. The summed E-state index contributed by atoms with van der Waals surface area (Å²) in [6.07, 6.45) is 3.65. The molecule has 2 aromatic heterocycles. The van der Waals surface area contributed by atoms with Crippen LogP contribution in [0.1, 0.15) is 23.0 Å². The molecule has 1 atom stereocenters. The highest BCUT2D eigenvalue weighted by atomic mass is 16.5. The number of ether oxygens (including phenoxy) is 1. The van der Waals surface area contributed by atoms with E-state index in [0.29, 0.717) is 37.8 Å². The number of aliphatic hydroxyl groups is 1. The van der Waals surface area contributed by atoms with E-state index in [0.717, 1.165) is 39.2 Å². The van der Waals surface area contributed by atoms with Gasteiger partial charge in [-0.2, -0.15) is 0 Å². The molecule has 1 saturated heterocycles. The number of para-hydroxylation sites is 1. The van der Waals surface area contributed by atoms with E-state index < -0.39 is 0 Å². The second kappa shape index (κ2) is 11.4. The molecule has 0 saturated carbocycles. The lowest BCUT2D eigenvalue weighted by molar-refractivity contribution is 0.0560. The van der Waals surface area contributed by atoms with E-state index >= 15 is 0 Å². The van der Waals surface area contributed by atoms with E-state index in [2.05, 4.69) is 16.0 Å². The van der Waals surface area contributed by atoms with Gasteiger partial charge in [0, 0.05) is 42.8 Å². The molecule has 208 valence electrons. The zero-order valence-corrected chi connectivity index (χ0v) is 23.3. The van der Waals surface area contributed by atoms with E-state index in [-0.39, 0.29) is 18.6 Å². The van der Waals surface area contributed by atoms with Gasteiger partial charge in [0.05, 0.1) is 42.3 Å². The summed E-state index contributed by atoms with van der Waals surface area (Å²) in [6.45, 7) is 6.00. The number of fused-ring (bicyclic) bond motifs is 1. The molecule has 0 unspecified atom stereocenters. The van der Waals surface area contributed by atoms with Gasteiger partial charge in [-0.05, 0) is 38.1 Å². The van der Waals surface area contributed by atoms with Crippen molar-refractivity contribution in [1.82, 2.24) is 19.4 Å². The second-order valence-corrected chi connectivity index (χ2v) is 10.3. The van der Waals surface area contributed by atoms with Crippen molar-refractivity contribution in [1.29, 1.82) is 0 Å². The molecule has 8 heteroatoms. The number of pyridine rings is 1. The number of nitrogens with zero attached hydrogens (tertiary/aromatic N) is 5. The average Bonchev–Trinajstić information content (AvgIpc) is 3.46. The highest BCUT2D eigenvalue weighted by molar-refractivity contribution is 5.93. The Balaban J connectivity index is 1.30. The number of hydrogen-bond acceptors (Lipinski definition) is 6. The van der Waals surface area contributed by atoms with Crippen molar-refractivity contribution in [3.63, 3.8) is 0 Å². The Hall–Kier alpha value is -4.69. The number of aromatic nitrogens is 3. The second-order valence-electron chi connectivity index (χ2n) is 10.3. The quantitative estimate of drug-likeness (QED) is 0.305. The fraction of sp³-hybridized carbons (Fsp3) is 0.242. The number of piperazine rings is 1. The van der Waals surface area contributed by atoms with Gasteiger partial charge in [0.2, 0.25) is 0 Å². The molecule has 3 heterocycles. The summed E-state index contributed by atoms with van der Waals surface area (Å²) in [5.41, 5.74) is 5.16. The van der Waals surface area contributed by atoms with E-state index in [1.54, 1.807) is 11.1 Å². The minimum atomic E-state index is -0.378. The number of aryl methyl sites for hydroxylation is 1. The van der Waals surface area contributed by atoms with Gasteiger partial charge in [-0.1, -0.05) is 54.1 Å². The molecule has 1 N–H and O–H groups in total. The number of amides is 1. The van der Waals surface area contributed by atoms with Crippen molar-refractivity contribution in [3.8, 4) is 22.8 Å². The Morgan fingerprint density at radius 1 is 1.00 bits per heavy atom. The fourth-order valence-corrected chi connectivity index (χ4v) is 5.37. The van der Waals surface area contributed by atoms with Crippen LogP contribution in [0.2, 0.25) is 0 Å². The van der Waals surface area contributed by atoms with Crippen LogP contribution in [0.4, 0.5) is 5.69 Å². The number of aliphatic hydroxyl groups excluding tert-OH is 1. The number of hydrogen-bond donors (Lipinski definition) is 1. The summed E-state index contributed by atoms with van der Waals surface area (Å²) < 4.78 is 7.67. The number of anilines is 1. The third-order valence-corrected chi connectivity index (χ3v) is 7.54. The van der Waals surface area contributed by atoms with Crippen molar-refractivity contribution >= 4 is 22.5 Å². The van der Waals surface area contributed by atoms with Crippen molar-refractivity contribution in [3.05, 3.63) is 103 Å². The minimum Gasteiger partial charge on any atom is -0.494 e. The van der Waals surface area contributed by atoms with Gasteiger partial charge < -0.3 is 19.6 Å². The van der Waals surface area contributed by atoms with Gasteiger partial charge in [-0.25, -0.2) is 4.98 Å². The lowest BCUT2D eigenvalue weighted by atomic mass is 10.1. The zero-order chi connectivity index (χ0) is 28.3. The summed E-state index contributed by atoms with van der Waals surface area (Å²) in [6, 6.07) is 25.6. The monoisotopic (exact) mass is 547 g/mol. The molecule has 1 amide bonds. The molecular weight excluding hydrogens is 514 g/mol. The smallest absolute Gasteiger partial charge is 0.274 e. The largest absolute Gasteiger partial charge is 0.494 e. The minimum absolute atomic E-state index is 0.148. The Morgan fingerprint density at radius 2 is 1.83 bits per heavy atom. The normalized spacial score (nSPS) is 15.3. The zero-order valence-electron chi connectivity index (χ0n) is 23.3. The molecular formula is C33H33N5O3. The predicted octanol–water partition coefficient (Wildman–Crippen LogP) is 5.12. The van der Waals surface area contributed by atoms with Crippen molar-refractivity contribution < 1.29 is 14.6 Å². The first kappa shape index (κ1) is 26.5. The molecule has 1 fully saturated rings. The van der Waals surface area contributed by atoms with Gasteiger partial charge in [-0.3, -0.25) is 14.3 Å². The van der Waals surface area contributed by atoms with Crippen molar-refractivity contribution in [2.75, 3.05) is 37.7 Å². The maximum absolute atomic E-state index is 13.9. The van der Waals surface area contributed by atoms with Crippen LogP contribution < -0.4 is 9.64 Å². The molecule has 1 aliphatic rings. The Bertz CT molecular complexity index is 1680. The average molecular weight is 548 g/mol. The Morgan fingerprint density at radius 3 is 2.63 bits per heavy atom. The maximum Gasteiger partial charge on any atom is 0.274 e. The summed E-state index contributed by atoms with van der Waals surface area (Å²) in [7, 11) is 0. The topological polar surface area (TPSA) is 83.7 Å². The molecule has 6 rings (SSSR count). The summed E-state index contributed by atoms with van der Waals surface area (Å²) in [5.74, 6) is 1.22. The molecule has 0 spiro atoms. The van der Waals surface area contributed by atoms with Crippen LogP contribution in [-0.2, 0) is 0 Å². The molecule has 1 aliphatic heterocycles. The van der Waals surface area contributed by atoms with Crippen LogP contribution in [-0.4, -0.2) is 69.3 Å². The number of carbonyl (C=O) groups excluding carboxylic acids is 1. The number of benzene rings is 3. The van der Waals surface area contributed by atoms with E-state index in [9.17, 15) is 9.90 Å². The molecule has 41 heavy (non-hydrogen) atoms. The molecule has 5 aromatic rings. The number of carbonyl (C=O) groups is 1. The van der Waals surface area contributed by atoms with Crippen molar-refractivity contribution in [2.24, 2.45) is 0 Å². The summed E-state index contributed by atoms with van der Waals surface area (Å²) in [4.78, 5) is 27.3. The van der Waals surface area contributed by atoms with E-state index in [4.69, 9.17) is 9.72 Å². The highest BCUT2D eigenvalue weighted by Gasteiger charge is 2.32. The number of rotatable bonds is 7. The summed E-state index contributed by atoms with van der Waals surface area (Å²) >= 11 is 0. The van der Waals surface area contributed by atoms with Crippen LogP contribution >= 0.6 is 0 Å². The van der Waals surface area contributed by atoms with Gasteiger partial charge in [-0.15, -0.1) is 0 Å². The van der Waals surface area contributed by atoms with Gasteiger partial charge >= 0.3 is 0 Å². The standard InChI is InChI=1S/C33H33N5O3/c1-3-41-29-9-6-8-26(18-29)38-21-31(35-32(38)24-13-11-23(2)12-14-24)33(40)37-16-15-36(20-28(37)22-39)27-17-25-7-4-5-10-30(25)34-19-27/h4-14,17-19,21,28,39H,3,15-16,20,22H2,1-2H3/t28-/m0/s1. The van der Waals surface area contributed by atoms with Gasteiger partial charge in [0.1, 0.15) is 17.3 Å². The summed E-state index contributed by atoms with van der Waals surface area (Å²) in [5, 5.41) is 11.4. The molecule has 3 aromatic carbocycles. The SMILES string of the molecule is CCOc1cccc(-n2cc(C(=O)N3CCN(c4cnc5ccccc5c4)C[C@H]3CO)nc2-c2ccc(C)cc2)c1. The highest BCUT2D eigenvalue weighted by Crippen LogP contribution is 2.28. The molecule has 0 aliphatic carbocycles. The first-order valence-corrected chi connectivity index (χ1v) is 14.0. The van der Waals surface area contributed by atoms with E-state index in [1.807, 2.05) is 97.4 Å². The van der Waals surface area contributed by atoms with E-state index in [1.165, 1.54) is 0 Å². The molecule has 8 nitrogen and oxygen atoms in total. The lowest BCUT2D eigenvalue weighted by Gasteiger charge is -2.41. The Kier molecular flexibility index (Phi) is 7.39. The first-order chi connectivity index (χ1) is 20.0. The first-order valence-electron chi connectivity index (χ1n) is 14.0. The van der Waals surface area contributed by atoms with Gasteiger partial charge in [0.25, 0.3) is 5.91 Å². The van der Waals surface area contributed by atoms with Crippen LogP contribution in [0.15, 0.2) is 91.3 Å². The van der Waals surface area contributed by atoms with Crippen LogP contribution in [0.5, 0.6) is 5.75 Å². The van der Waals surface area contributed by atoms with Crippen molar-refractivity contribution in [2.45, 2.75) is 19.9 Å². The van der Waals surface area contributed by atoms with Crippen LogP contribution in [0, 0.1) is 6.92 Å². The van der Waals surface area contributed by atoms with Crippen LogP contribution in [0.25, 0.3) is 28.0 Å². The Labute approximate surface area is 239 Å². The maximum atomic E-state index is 13.9. The lowest BCUT2D eigenvalue weighted by Crippen LogP contribution is -2.56. The van der Waals surface area contributed by atoms with Gasteiger partial charge in [0.15, 0.2) is 0 Å². The third kappa shape index (κ3) is 5.38. The third-order valence-electron chi connectivity index (χ3n) is 7.54.